The Hall–Kier alpha value is -0.450. The minimum Gasteiger partial charge on any atom is -0.298 e. The topological polar surface area (TPSA) is 17.1 Å². The van der Waals surface area contributed by atoms with Gasteiger partial charge in [0.1, 0.15) is 0 Å². The number of carbonyl (C=O) groups is 1. The van der Waals surface area contributed by atoms with Crippen LogP contribution >= 0.6 is 38.6 Å². The van der Waals surface area contributed by atoms with Crippen molar-refractivity contribution in [2.24, 2.45) is 0 Å². The van der Waals surface area contributed by atoms with Gasteiger partial charge in [-0.25, -0.2) is 0 Å². The molecule has 2 heterocycles. The Morgan fingerprint density at radius 1 is 1.46 bits per heavy atom. The molecule has 0 fully saturated rings. The molecule has 0 saturated heterocycles. The first kappa shape index (κ1) is 9.12. The van der Waals surface area contributed by atoms with Crippen LogP contribution < -0.4 is 0 Å². The van der Waals surface area contributed by atoms with Crippen molar-refractivity contribution in [1.29, 1.82) is 0 Å². The Morgan fingerprint density at radius 2 is 2.31 bits per heavy atom. The fraction of sp³-hybridized carbons (Fsp3) is 0. The lowest BCUT2D eigenvalue weighted by Gasteiger charge is -1.90. The number of carbonyl (C=O) groups excluding carboxylic acids is 1. The van der Waals surface area contributed by atoms with Crippen LogP contribution in [0.4, 0.5) is 0 Å². The van der Waals surface area contributed by atoms with E-state index in [-0.39, 0.29) is 0 Å². The molecule has 0 aliphatic heterocycles. The molecule has 2 aromatic rings. The highest BCUT2D eigenvalue weighted by Gasteiger charge is 2.09. The molecule has 66 valence electrons. The number of thiophene rings is 2. The second kappa shape index (κ2) is 3.74. The summed E-state index contributed by atoms with van der Waals surface area (Å²) in [7, 11) is 0. The molecule has 0 aliphatic rings. The average molecular weight is 273 g/mol. The van der Waals surface area contributed by atoms with Gasteiger partial charge in [-0.3, -0.25) is 4.79 Å². The van der Waals surface area contributed by atoms with Gasteiger partial charge >= 0.3 is 0 Å². The lowest BCUT2D eigenvalue weighted by molar-refractivity contribution is 0.112. The molecule has 0 spiro atoms. The summed E-state index contributed by atoms with van der Waals surface area (Å²) in [6, 6.07) is 5.87. The van der Waals surface area contributed by atoms with E-state index in [4.69, 9.17) is 0 Å². The van der Waals surface area contributed by atoms with Gasteiger partial charge in [0, 0.05) is 10.4 Å². The van der Waals surface area contributed by atoms with Gasteiger partial charge in [0.2, 0.25) is 0 Å². The normalized spacial score (nSPS) is 10.2. The summed E-state index contributed by atoms with van der Waals surface area (Å²) < 4.78 is 0.998. The van der Waals surface area contributed by atoms with Crippen LogP contribution in [0.3, 0.4) is 0 Å². The molecule has 0 bridgehead atoms. The van der Waals surface area contributed by atoms with E-state index in [1.54, 1.807) is 22.7 Å². The highest BCUT2D eigenvalue weighted by atomic mass is 79.9. The van der Waals surface area contributed by atoms with Crippen molar-refractivity contribution in [2.45, 2.75) is 0 Å². The second-order valence-corrected chi connectivity index (χ2v) is 5.81. The van der Waals surface area contributed by atoms with Gasteiger partial charge in [-0.05, 0) is 33.4 Å². The van der Waals surface area contributed by atoms with Crippen LogP contribution in [0.25, 0.3) is 9.75 Å². The summed E-state index contributed by atoms with van der Waals surface area (Å²) >= 11 is 6.62. The van der Waals surface area contributed by atoms with Crippen molar-refractivity contribution in [2.75, 3.05) is 0 Å². The van der Waals surface area contributed by atoms with Crippen LogP contribution in [0.5, 0.6) is 0 Å². The van der Waals surface area contributed by atoms with Crippen molar-refractivity contribution in [1.82, 2.24) is 0 Å². The first-order valence-corrected chi connectivity index (χ1v) is 6.08. The van der Waals surface area contributed by atoms with Crippen molar-refractivity contribution >= 4 is 44.9 Å². The minimum atomic E-state index is 0.763. The highest BCUT2D eigenvalue weighted by Crippen LogP contribution is 2.36. The number of halogens is 1. The molecule has 0 unspecified atom stereocenters. The molecular weight excluding hydrogens is 268 g/mol. The highest BCUT2D eigenvalue weighted by molar-refractivity contribution is 9.11. The third kappa shape index (κ3) is 1.75. The molecule has 0 N–H and O–H groups in total. The molecule has 0 atom stereocenters. The molecule has 2 rings (SSSR count). The van der Waals surface area contributed by atoms with Gasteiger partial charge in [0.25, 0.3) is 0 Å². The van der Waals surface area contributed by atoms with Gasteiger partial charge in [-0.1, -0.05) is 6.07 Å². The van der Waals surface area contributed by atoms with E-state index in [1.807, 2.05) is 23.6 Å². The van der Waals surface area contributed by atoms with Crippen LogP contribution in [0, 0.1) is 0 Å². The quantitative estimate of drug-likeness (QED) is 0.754. The molecule has 4 heteroatoms. The summed E-state index contributed by atoms with van der Waals surface area (Å²) in [5, 5.41) is 2.01. The number of hydrogen-bond acceptors (Lipinski definition) is 3. The zero-order valence-corrected chi connectivity index (χ0v) is 9.71. The summed E-state index contributed by atoms with van der Waals surface area (Å²) in [4.78, 5) is 12.9. The fourth-order valence-electron chi connectivity index (χ4n) is 1.06. The zero-order valence-electron chi connectivity index (χ0n) is 6.49. The van der Waals surface area contributed by atoms with E-state index < -0.39 is 0 Å². The van der Waals surface area contributed by atoms with E-state index >= 15 is 0 Å². The lowest BCUT2D eigenvalue weighted by Crippen LogP contribution is -1.75. The maximum Gasteiger partial charge on any atom is 0.151 e. The Kier molecular flexibility index (Phi) is 2.62. The Balaban J connectivity index is 2.56. The molecule has 0 amide bonds. The van der Waals surface area contributed by atoms with E-state index in [0.29, 0.717) is 0 Å². The summed E-state index contributed by atoms with van der Waals surface area (Å²) in [6.45, 7) is 0. The third-order valence-corrected chi connectivity index (χ3v) is 4.31. The van der Waals surface area contributed by atoms with Crippen LogP contribution in [-0.2, 0) is 0 Å². The Bertz CT molecular complexity index is 417. The van der Waals surface area contributed by atoms with E-state index in [9.17, 15) is 4.79 Å². The fourth-order valence-corrected chi connectivity index (χ4v) is 3.52. The molecular formula is C9H5BrOS2. The first-order chi connectivity index (χ1) is 6.31. The summed E-state index contributed by atoms with van der Waals surface area (Å²) in [6.07, 6.45) is 0.899. The van der Waals surface area contributed by atoms with Crippen molar-refractivity contribution in [3.05, 3.63) is 32.9 Å². The number of rotatable bonds is 2. The van der Waals surface area contributed by atoms with Gasteiger partial charge in [0.05, 0.1) is 8.66 Å². The smallest absolute Gasteiger partial charge is 0.151 e. The first-order valence-electron chi connectivity index (χ1n) is 3.59. The van der Waals surface area contributed by atoms with Crippen LogP contribution in [0.2, 0.25) is 0 Å². The number of hydrogen-bond donors (Lipinski definition) is 0. The van der Waals surface area contributed by atoms with Crippen molar-refractivity contribution in [3.63, 3.8) is 0 Å². The standard InChI is InChI=1S/C9H5BrOS2/c10-8-4-6(5-11)9(13-8)7-2-1-3-12-7/h1-5H. The van der Waals surface area contributed by atoms with Gasteiger partial charge in [-0.15, -0.1) is 22.7 Å². The summed E-state index contributed by atoms with van der Waals surface area (Å²) in [5.41, 5.74) is 0.763. The Morgan fingerprint density at radius 3 is 2.92 bits per heavy atom. The van der Waals surface area contributed by atoms with E-state index in [2.05, 4.69) is 15.9 Å². The maximum absolute atomic E-state index is 10.7. The average Bonchev–Trinajstić information content (AvgIpc) is 2.71. The van der Waals surface area contributed by atoms with Crippen LogP contribution in [0.15, 0.2) is 27.4 Å². The number of aldehydes is 1. The van der Waals surface area contributed by atoms with Gasteiger partial charge in [-0.2, -0.15) is 0 Å². The summed E-state index contributed by atoms with van der Waals surface area (Å²) in [5.74, 6) is 0. The molecule has 1 nitrogen and oxygen atoms in total. The molecule has 0 aromatic carbocycles. The molecule has 0 saturated carbocycles. The van der Waals surface area contributed by atoms with Gasteiger partial charge in [0.15, 0.2) is 6.29 Å². The monoisotopic (exact) mass is 272 g/mol. The van der Waals surface area contributed by atoms with Crippen LogP contribution in [0.1, 0.15) is 10.4 Å². The van der Waals surface area contributed by atoms with E-state index in [1.165, 1.54) is 0 Å². The second-order valence-electron chi connectivity index (χ2n) is 2.43. The van der Waals surface area contributed by atoms with Gasteiger partial charge < -0.3 is 0 Å². The van der Waals surface area contributed by atoms with Crippen molar-refractivity contribution in [3.8, 4) is 9.75 Å². The molecule has 2 aromatic heterocycles. The molecule has 13 heavy (non-hydrogen) atoms. The van der Waals surface area contributed by atoms with Crippen LogP contribution in [-0.4, -0.2) is 6.29 Å². The zero-order chi connectivity index (χ0) is 9.26. The molecule has 0 aliphatic carbocycles. The lowest BCUT2D eigenvalue weighted by atomic mass is 10.2. The van der Waals surface area contributed by atoms with E-state index in [0.717, 1.165) is 25.4 Å². The Labute approximate surface area is 92.2 Å². The SMILES string of the molecule is O=Cc1cc(Br)sc1-c1cccs1. The largest absolute Gasteiger partial charge is 0.298 e. The third-order valence-electron chi connectivity index (χ3n) is 1.60. The predicted molar refractivity (Wildman–Crippen MR) is 60.7 cm³/mol. The molecule has 0 radical (unpaired) electrons. The van der Waals surface area contributed by atoms with Crippen molar-refractivity contribution < 1.29 is 4.79 Å². The predicted octanol–water partition coefficient (Wildman–Crippen LogP) is 4.05. The minimum absolute atomic E-state index is 0.763. The maximum atomic E-state index is 10.7.